The first kappa shape index (κ1) is 22.0. The number of urea groups is 1. The van der Waals surface area contributed by atoms with Crippen LogP contribution in [0.5, 0.6) is 0 Å². The van der Waals surface area contributed by atoms with E-state index in [-0.39, 0.29) is 29.2 Å². The lowest BCUT2D eigenvalue weighted by atomic mass is 10.00. The number of fused-ring (bicyclic) bond motifs is 1. The average molecular weight is 439 g/mol. The van der Waals surface area contributed by atoms with E-state index in [2.05, 4.69) is 5.32 Å². The van der Waals surface area contributed by atoms with Crippen LogP contribution in [0.4, 0.5) is 13.6 Å². The molecule has 1 N–H and O–H groups in total. The molecule has 2 heterocycles. The molecule has 3 aromatic rings. The van der Waals surface area contributed by atoms with Crippen molar-refractivity contribution in [2.24, 2.45) is 0 Å². The first-order valence-electron chi connectivity index (χ1n) is 10.8. The first-order valence-corrected chi connectivity index (χ1v) is 10.8. The molecule has 2 aromatic carbocycles. The number of aromatic nitrogens is 2. The fraction of sp³-hybridized carbons (Fsp3) is 0.360. The van der Waals surface area contributed by atoms with Gasteiger partial charge >= 0.3 is 6.03 Å². The Labute approximate surface area is 187 Å². The van der Waals surface area contributed by atoms with E-state index in [1.165, 1.54) is 24.3 Å². The normalized spacial score (nSPS) is 14.8. The quantitative estimate of drug-likeness (QED) is 0.603. The highest BCUT2D eigenvalue weighted by atomic mass is 19.1. The minimum absolute atomic E-state index is 0.117. The Morgan fingerprint density at radius 1 is 1.03 bits per heavy atom. The molecule has 0 saturated heterocycles. The van der Waals surface area contributed by atoms with Crippen LogP contribution in [0.2, 0.25) is 0 Å². The molecule has 4 rings (SSSR count). The number of halogens is 2. The maximum Gasteiger partial charge on any atom is 0.318 e. The van der Waals surface area contributed by atoms with Gasteiger partial charge in [-0.15, -0.1) is 0 Å². The van der Waals surface area contributed by atoms with E-state index in [0.717, 1.165) is 28.1 Å². The number of rotatable bonds is 3. The molecule has 32 heavy (non-hydrogen) atoms. The number of carbonyl (C=O) groups is 1. The van der Waals surface area contributed by atoms with Crippen LogP contribution in [0, 0.1) is 11.6 Å². The monoisotopic (exact) mass is 438 g/mol. The van der Waals surface area contributed by atoms with Gasteiger partial charge in [0.1, 0.15) is 11.6 Å². The minimum atomic E-state index is -0.335. The second-order valence-corrected chi connectivity index (χ2v) is 9.30. The Kier molecular flexibility index (Phi) is 5.75. The van der Waals surface area contributed by atoms with Gasteiger partial charge in [0, 0.05) is 35.3 Å². The minimum Gasteiger partial charge on any atom is -0.333 e. The van der Waals surface area contributed by atoms with Crippen molar-refractivity contribution in [1.82, 2.24) is 20.0 Å². The highest BCUT2D eigenvalue weighted by molar-refractivity contribution is 5.76. The van der Waals surface area contributed by atoms with Crippen molar-refractivity contribution in [2.75, 3.05) is 6.54 Å². The zero-order valence-corrected chi connectivity index (χ0v) is 18.8. The van der Waals surface area contributed by atoms with Crippen LogP contribution >= 0.6 is 0 Å². The number of benzene rings is 2. The Morgan fingerprint density at radius 2 is 1.62 bits per heavy atom. The van der Waals surface area contributed by atoms with E-state index >= 15 is 0 Å². The number of nitrogens with one attached hydrogen (secondary N) is 1. The van der Waals surface area contributed by atoms with Crippen LogP contribution in [-0.4, -0.2) is 32.8 Å². The lowest BCUT2D eigenvalue weighted by molar-refractivity contribution is 0.182. The van der Waals surface area contributed by atoms with Crippen molar-refractivity contribution in [3.05, 3.63) is 77.0 Å². The maximum atomic E-state index is 13.5. The van der Waals surface area contributed by atoms with Gasteiger partial charge in [-0.05, 0) is 69.7 Å². The summed E-state index contributed by atoms with van der Waals surface area (Å²) in [6, 6.07) is 12.4. The van der Waals surface area contributed by atoms with E-state index in [4.69, 9.17) is 5.10 Å². The molecule has 2 amide bonds. The van der Waals surface area contributed by atoms with Gasteiger partial charge in [-0.25, -0.2) is 13.6 Å². The molecule has 0 bridgehead atoms. The van der Waals surface area contributed by atoms with Gasteiger partial charge in [0.15, 0.2) is 0 Å². The van der Waals surface area contributed by atoms with Crippen molar-refractivity contribution >= 4 is 6.03 Å². The van der Waals surface area contributed by atoms with Crippen molar-refractivity contribution < 1.29 is 13.6 Å². The van der Waals surface area contributed by atoms with Crippen LogP contribution in [0.1, 0.15) is 50.6 Å². The third-order valence-corrected chi connectivity index (χ3v) is 5.69. The second-order valence-electron chi connectivity index (χ2n) is 9.30. The SMILES string of the molecule is CC(c1ccc(F)cc1)n1nc(-c2ccc(F)cc2)c2c1CCN(C(=O)NC(C)(C)C)C2. The molecule has 1 aromatic heterocycles. The maximum absolute atomic E-state index is 13.5. The molecule has 0 aliphatic carbocycles. The summed E-state index contributed by atoms with van der Waals surface area (Å²) in [6.07, 6.45) is 0.645. The van der Waals surface area contributed by atoms with Crippen LogP contribution in [0.15, 0.2) is 48.5 Å². The Morgan fingerprint density at radius 3 is 2.22 bits per heavy atom. The van der Waals surface area contributed by atoms with Gasteiger partial charge in [0.2, 0.25) is 0 Å². The number of amides is 2. The predicted octanol–water partition coefficient (Wildman–Crippen LogP) is 5.30. The Hall–Kier alpha value is -3.22. The molecule has 5 nitrogen and oxygen atoms in total. The predicted molar refractivity (Wildman–Crippen MR) is 120 cm³/mol. The van der Waals surface area contributed by atoms with E-state index in [1.807, 2.05) is 32.4 Å². The molecular weight excluding hydrogens is 410 g/mol. The van der Waals surface area contributed by atoms with Crippen molar-refractivity contribution in [2.45, 2.75) is 52.2 Å². The first-order chi connectivity index (χ1) is 15.1. The summed E-state index contributed by atoms with van der Waals surface area (Å²) in [6.45, 7) is 8.86. The summed E-state index contributed by atoms with van der Waals surface area (Å²) >= 11 is 0. The lowest BCUT2D eigenvalue weighted by Crippen LogP contribution is -2.49. The topological polar surface area (TPSA) is 50.2 Å². The molecule has 1 aliphatic rings. The summed E-state index contributed by atoms with van der Waals surface area (Å²) < 4.78 is 28.9. The Bertz CT molecular complexity index is 1110. The lowest BCUT2D eigenvalue weighted by Gasteiger charge is -2.32. The molecule has 1 unspecified atom stereocenters. The summed E-state index contributed by atoms with van der Waals surface area (Å²) in [5, 5.41) is 7.92. The summed E-state index contributed by atoms with van der Waals surface area (Å²) in [5.74, 6) is -0.594. The highest BCUT2D eigenvalue weighted by Gasteiger charge is 2.30. The zero-order chi connectivity index (χ0) is 23.0. The molecular formula is C25H28F2N4O. The fourth-order valence-electron chi connectivity index (χ4n) is 4.06. The molecule has 1 atom stereocenters. The van der Waals surface area contributed by atoms with Crippen LogP contribution in [-0.2, 0) is 13.0 Å². The van der Waals surface area contributed by atoms with Crippen LogP contribution in [0.3, 0.4) is 0 Å². The molecule has 168 valence electrons. The number of hydrogen-bond donors (Lipinski definition) is 1. The number of nitrogens with zero attached hydrogens (tertiary/aromatic N) is 3. The van der Waals surface area contributed by atoms with E-state index in [0.29, 0.717) is 19.5 Å². The molecule has 7 heteroatoms. The van der Waals surface area contributed by atoms with Gasteiger partial charge < -0.3 is 10.2 Å². The van der Waals surface area contributed by atoms with Gasteiger partial charge in [-0.1, -0.05) is 12.1 Å². The fourth-order valence-corrected chi connectivity index (χ4v) is 4.06. The van der Waals surface area contributed by atoms with Crippen molar-refractivity contribution in [3.8, 4) is 11.3 Å². The van der Waals surface area contributed by atoms with Crippen molar-refractivity contribution in [1.29, 1.82) is 0 Å². The standard InChI is InChI=1S/C25H28F2N4O/c1-16(17-5-9-19(26)10-6-17)31-22-13-14-30(24(32)28-25(2,3)4)15-21(22)23(29-31)18-7-11-20(27)12-8-18/h5-12,16H,13-15H2,1-4H3,(H,28,32). The third-order valence-electron chi connectivity index (χ3n) is 5.69. The molecule has 0 fully saturated rings. The zero-order valence-electron chi connectivity index (χ0n) is 18.8. The molecule has 1 aliphatic heterocycles. The van der Waals surface area contributed by atoms with Gasteiger partial charge in [-0.2, -0.15) is 5.10 Å². The van der Waals surface area contributed by atoms with Gasteiger partial charge in [0.25, 0.3) is 0 Å². The van der Waals surface area contributed by atoms with Crippen LogP contribution in [0.25, 0.3) is 11.3 Å². The van der Waals surface area contributed by atoms with Crippen LogP contribution < -0.4 is 5.32 Å². The molecule has 0 saturated carbocycles. The summed E-state index contributed by atoms with van der Waals surface area (Å²) in [5.41, 5.74) is 4.14. The Balaban J connectivity index is 1.74. The summed E-state index contributed by atoms with van der Waals surface area (Å²) in [7, 11) is 0. The highest BCUT2D eigenvalue weighted by Crippen LogP contribution is 2.33. The molecule has 0 spiro atoms. The van der Waals surface area contributed by atoms with E-state index in [1.54, 1.807) is 29.2 Å². The third kappa shape index (κ3) is 4.52. The molecule has 0 radical (unpaired) electrons. The smallest absolute Gasteiger partial charge is 0.318 e. The van der Waals surface area contributed by atoms with Crippen molar-refractivity contribution in [3.63, 3.8) is 0 Å². The summed E-state index contributed by atoms with van der Waals surface area (Å²) in [4.78, 5) is 14.6. The second kappa shape index (κ2) is 8.37. The van der Waals surface area contributed by atoms with Gasteiger partial charge in [0.05, 0.1) is 18.3 Å². The van der Waals surface area contributed by atoms with E-state index < -0.39 is 0 Å². The van der Waals surface area contributed by atoms with Gasteiger partial charge in [-0.3, -0.25) is 4.68 Å². The average Bonchev–Trinajstić information content (AvgIpc) is 3.12. The van der Waals surface area contributed by atoms with E-state index in [9.17, 15) is 13.6 Å². The largest absolute Gasteiger partial charge is 0.333 e. The number of hydrogen-bond acceptors (Lipinski definition) is 2. The number of carbonyl (C=O) groups excluding carboxylic acids is 1.